The number of benzene rings is 8. The number of hydrogen-bond donors (Lipinski definition) is 0. The van der Waals surface area contributed by atoms with E-state index in [0.29, 0.717) is 17.6 Å². The predicted molar refractivity (Wildman–Crippen MR) is 230 cm³/mol. The highest BCUT2D eigenvalue weighted by Gasteiger charge is 2.23. The van der Waals surface area contributed by atoms with Crippen LogP contribution in [0.15, 0.2) is 200 Å². The van der Waals surface area contributed by atoms with Crippen molar-refractivity contribution in [2.45, 2.75) is 0 Å². The van der Waals surface area contributed by atoms with Gasteiger partial charge in [-0.1, -0.05) is 164 Å². The molecule has 0 atom stereocenters. The van der Waals surface area contributed by atoms with Crippen LogP contribution in [0, 0.1) is 0 Å². The summed E-state index contributed by atoms with van der Waals surface area (Å²) in [5.74, 6) is 1.81. The van der Waals surface area contributed by atoms with Crippen LogP contribution in [0.1, 0.15) is 0 Å². The Balaban J connectivity index is 1.14. The van der Waals surface area contributed by atoms with Crippen LogP contribution in [0.4, 0.5) is 0 Å². The van der Waals surface area contributed by atoms with Crippen molar-refractivity contribution in [2.24, 2.45) is 0 Å². The highest BCUT2D eigenvalue weighted by molar-refractivity contribution is 6.26. The van der Waals surface area contributed by atoms with E-state index in [2.05, 4.69) is 185 Å². The molecule has 0 saturated heterocycles. The summed E-state index contributed by atoms with van der Waals surface area (Å²) in [6.45, 7) is 0. The first-order valence-corrected chi connectivity index (χ1v) is 18.9. The van der Waals surface area contributed by atoms with Crippen LogP contribution < -0.4 is 0 Å². The molecule has 3 aromatic heterocycles. The average molecular weight is 716 g/mol. The van der Waals surface area contributed by atoms with Gasteiger partial charge in [-0.3, -0.25) is 4.57 Å². The topological polar surface area (TPSA) is 48.5 Å². The van der Waals surface area contributed by atoms with Crippen molar-refractivity contribution in [1.82, 2.24) is 24.1 Å². The SMILES string of the molecule is c1ccc(-c2cccc(-c3ccc(-c4nc(-c5ccccc5)nc(-n5c6ccccc6c6ccc7c(c8ccccc8n7-c7ccccc7)c65)n4)cc3)c2)cc1. The Labute approximate surface area is 323 Å². The Morgan fingerprint density at radius 1 is 0.304 bits per heavy atom. The van der Waals surface area contributed by atoms with Crippen molar-refractivity contribution in [3.8, 4) is 56.7 Å². The Kier molecular flexibility index (Phi) is 7.42. The van der Waals surface area contributed by atoms with Gasteiger partial charge >= 0.3 is 0 Å². The lowest BCUT2D eigenvalue weighted by atomic mass is 9.98. The van der Waals surface area contributed by atoms with Gasteiger partial charge in [-0.15, -0.1) is 0 Å². The molecule has 11 rings (SSSR count). The summed E-state index contributed by atoms with van der Waals surface area (Å²) >= 11 is 0. The molecule has 262 valence electrons. The van der Waals surface area contributed by atoms with E-state index in [4.69, 9.17) is 15.0 Å². The fourth-order valence-corrected chi connectivity index (χ4v) is 8.20. The maximum absolute atomic E-state index is 5.31. The van der Waals surface area contributed by atoms with Gasteiger partial charge in [0.05, 0.1) is 22.1 Å². The molecule has 0 bridgehead atoms. The number of nitrogens with zero attached hydrogens (tertiary/aromatic N) is 5. The Bertz CT molecular complexity index is 3220. The van der Waals surface area contributed by atoms with Crippen molar-refractivity contribution < 1.29 is 0 Å². The molecule has 0 amide bonds. The minimum atomic E-state index is 0.573. The van der Waals surface area contributed by atoms with Crippen LogP contribution in [0.25, 0.3) is 100 Å². The number of para-hydroxylation sites is 3. The van der Waals surface area contributed by atoms with E-state index in [1.807, 2.05) is 24.3 Å². The molecular weight excluding hydrogens is 683 g/mol. The quantitative estimate of drug-likeness (QED) is 0.172. The zero-order valence-electron chi connectivity index (χ0n) is 30.3. The van der Waals surface area contributed by atoms with Gasteiger partial charge < -0.3 is 4.57 Å². The summed E-state index contributed by atoms with van der Waals surface area (Å²) in [6, 6.07) is 70.3. The average Bonchev–Trinajstić information content (AvgIpc) is 3.80. The zero-order valence-corrected chi connectivity index (χ0v) is 30.3. The molecular formula is C51H33N5. The molecule has 56 heavy (non-hydrogen) atoms. The van der Waals surface area contributed by atoms with Crippen LogP contribution in [-0.4, -0.2) is 24.1 Å². The largest absolute Gasteiger partial charge is 0.309 e. The van der Waals surface area contributed by atoms with Gasteiger partial charge in [-0.05, 0) is 58.7 Å². The molecule has 0 aliphatic rings. The van der Waals surface area contributed by atoms with E-state index in [-0.39, 0.29) is 0 Å². The number of rotatable bonds is 6. The van der Waals surface area contributed by atoms with Crippen molar-refractivity contribution in [1.29, 1.82) is 0 Å². The predicted octanol–water partition coefficient (Wildman–Crippen LogP) is 12.7. The highest BCUT2D eigenvalue weighted by atomic mass is 15.2. The van der Waals surface area contributed by atoms with E-state index >= 15 is 0 Å². The molecule has 3 heterocycles. The summed E-state index contributed by atoms with van der Waals surface area (Å²) in [6.07, 6.45) is 0. The van der Waals surface area contributed by atoms with E-state index < -0.39 is 0 Å². The minimum absolute atomic E-state index is 0.573. The second-order valence-corrected chi connectivity index (χ2v) is 14.1. The fourth-order valence-electron chi connectivity index (χ4n) is 8.20. The third kappa shape index (κ3) is 5.21. The lowest BCUT2D eigenvalue weighted by Crippen LogP contribution is -2.06. The van der Waals surface area contributed by atoms with Gasteiger partial charge in [-0.25, -0.2) is 4.98 Å². The molecule has 8 aromatic carbocycles. The molecule has 0 aliphatic carbocycles. The van der Waals surface area contributed by atoms with Gasteiger partial charge in [0.2, 0.25) is 5.95 Å². The lowest BCUT2D eigenvalue weighted by molar-refractivity contribution is 0.955. The summed E-state index contributed by atoms with van der Waals surface area (Å²) in [5, 5.41) is 4.62. The minimum Gasteiger partial charge on any atom is -0.309 e. The summed E-state index contributed by atoms with van der Waals surface area (Å²) in [4.78, 5) is 15.7. The number of fused-ring (bicyclic) bond motifs is 7. The van der Waals surface area contributed by atoms with Gasteiger partial charge in [0.15, 0.2) is 11.6 Å². The Morgan fingerprint density at radius 3 is 1.48 bits per heavy atom. The third-order valence-electron chi connectivity index (χ3n) is 10.8. The van der Waals surface area contributed by atoms with Crippen LogP contribution >= 0.6 is 0 Å². The van der Waals surface area contributed by atoms with Gasteiger partial charge in [-0.2, -0.15) is 9.97 Å². The van der Waals surface area contributed by atoms with Crippen molar-refractivity contribution in [2.75, 3.05) is 0 Å². The summed E-state index contributed by atoms with van der Waals surface area (Å²) in [7, 11) is 0. The first-order valence-electron chi connectivity index (χ1n) is 18.9. The van der Waals surface area contributed by atoms with Gasteiger partial charge in [0.25, 0.3) is 0 Å². The molecule has 0 N–H and O–H groups in total. The Morgan fingerprint density at radius 2 is 0.804 bits per heavy atom. The van der Waals surface area contributed by atoms with Crippen LogP contribution in [-0.2, 0) is 0 Å². The zero-order chi connectivity index (χ0) is 37.0. The third-order valence-corrected chi connectivity index (χ3v) is 10.8. The van der Waals surface area contributed by atoms with Crippen LogP contribution in [0.5, 0.6) is 0 Å². The normalized spacial score (nSPS) is 11.6. The van der Waals surface area contributed by atoms with Crippen LogP contribution in [0.2, 0.25) is 0 Å². The highest BCUT2D eigenvalue weighted by Crippen LogP contribution is 2.42. The van der Waals surface area contributed by atoms with E-state index in [0.717, 1.165) is 66.2 Å². The van der Waals surface area contributed by atoms with E-state index in [9.17, 15) is 0 Å². The second kappa shape index (κ2) is 13.0. The molecule has 11 aromatic rings. The molecule has 0 fully saturated rings. The van der Waals surface area contributed by atoms with Gasteiger partial charge in [0.1, 0.15) is 0 Å². The van der Waals surface area contributed by atoms with Gasteiger partial charge in [0, 0.05) is 38.4 Å². The first kappa shape index (κ1) is 31.9. The van der Waals surface area contributed by atoms with E-state index in [1.165, 1.54) is 16.5 Å². The van der Waals surface area contributed by atoms with Crippen molar-refractivity contribution in [3.63, 3.8) is 0 Å². The molecule has 0 unspecified atom stereocenters. The monoisotopic (exact) mass is 715 g/mol. The molecule has 5 heteroatoms. The lowest BCUT2D eigenvalue weighted by Gasteiger charge is -2.12. The van der Waals surface area contributed by atoms with Crippen LogP contribution in [0.3, 0.4) is 0 Å². The summed E-state index contributed by atoms with van der Waals surface area (Å²) < 4.78 is 4.60. The molecule has 0 aliphatic heterocycles. The van der Waals surface area contributed by atoms with Crippen molar-refractivity contribution in [3.05, 3.63) is 200 Å². The molecule has 0 spiro atoms. The first-order chi connectivity index (χ1) is 27.8. The van der Waals surface area contributed by atoms with Crippen molar-refractivity contribution >= 4 is 43.6 Å². The maximum atomic E-state index is 5.31. The number of aromatic nitrogens is 5. The molecule has 0 saturated carbocycles. The van der Waals surface area contributed by atoms with E-state index in [1.54, 1.807) is 0 Å². The second-order valence-electron chi connectivity index (χ2n) is 14.1. The summed E-state index contributed by atoms with van der Waals surface area (Å²) in [5.41, 5.74) is 12.0. The maximum Gasteiger partial charge on any atom is 0.238 e. The molecule has 0 radical (unpaired) electrons. The standard InChI is InChI=1S/C51H33N5/c1-4-15-34(16-5-1)38-19-14-20-39(33-38)35-27-29-37(30-28-35)50-52-49(36-17-6-2-7-18-36)53-51(54-50)56-44-25-12-10-23-41(44)42-31-32-46-47(48(42)56)43-24-11-13-26-45(43)55(46)40-21-8-3-9-22-40/h1-33H. The Hall–Kier alpha value is -7.63. The molecule has 5 nitrogen and oxygen atoms in total. The number of hydrogen-bond acceptors (Lipinski definition) is 3. The fraction of sp³-hybridized carbons (Fsp3) is 0. The smallest absolute Gasteiger partial charge is 0.238 e.